The largest absolute Gasteiger partial charge is 0.481 e. The highest BCUT2D eigenvalue weighted by atomic mass is 16.4. The highest BCUT2D eigenvalue weighted by molar-refractivity contribution is 5.84. The van der Waals surface area contributed by atoms with Gasteiger partial charge in [0.25, 0.3) is 0 Å². The molecule has 0 amide bonds. The molecule has 0 aromatic rings. The van der Waals surface area contributed by atoms with Crippen LogP contribution in [0.1, 0.15) is 32.1 Å². The van der Waals surface area contributed by atoms with Crippen LogP contribution in [0.4, 0.5) is 0 Å². The summed E-state index contributed by atoms with van der Waals surface area (Å²) in [5, 5.41) is 17.3. The lowest BCUT2D eigenvalue weighted by Gasteiger charge is -2.14. The second-order valence-electron chi connectivity index (χ2n) is 4.19. The van der Waals surface area contributed by atoms with Gasteiger partial charge in [0.05, 0.1) is 0 Å². The van der Waals surface area contributed by atoms with E-state index in [1.165, 1.54) is 0 Å². The third-order valence-electron chi connectivity index (χ3n) is 3.03. The van der Waals surface area contributed by atoms with Crippen LogP contribution in [-0.2, 0) is 9.59 Å². The minimum Gasteiger partial charge on any atom is -0.481 e. The SMILES string of the molecule is O=C(O)C[C@H]1CCC(=O)[C@@H]1C/C=C\CCO. The van der Waals surface area contributed by atoms with Crippen LogP contribution in [0.5, 0.6) is 0 Å². The predicted molar refractivity (Wildman–Crippen MR) is 58.9 cm³/mol. The molecular formula is C12H18O4. The van der Waals surface area contributed by atoms with E-state index < -0.39 is 5.97 Å². The van der Waals surface area contributed by atoms with E-state index in [2.05, 4.69) is 0 Å². The van der Waals surface area contributed by atoms with Gasteiger partial charge in [0.1, 0.15) is 5.78 Å². The summed E-state index contributed by atoms with van der Waals surface area (Å²) >= 11 is 0. The molecule has 0 aromatic heterocycles. The van der Waals surface area contributed by atoms with E-state index in [4.69, 9.17) is 10.2 Å². The van der Waals surface area contributed by atoms with Crippen molar-refractivity contribution in [3.05, 3.63) is 12.2 Å². The molecule has 0 aromatic carbocycles. The Kier molecular flexibility index (Phi) is 5.19. The van der Waals surface area contributed by atoms with Crippen molar-refractivity contribution in [1.82, 2.24) is 0 Å². The highest BCUT2D eigenvalue weighted by Gasteiger charge is 2.34. The van der Waals surface area contributed by atoms with Crippen molar-refractivity contribution in [3.8, 4) is 0 Å². The van der Waals surface area contributed by atoms with E-state index in [9.17, 15) is 9.59 Å². The standard InChI is InChI=1S/C12H18O4/c13-7-3-1-2-4-10-9(8-12(15)16)5-6-11(10)14/h1-2,9-10,13H,3-8H2,(H,15,16)/b2-1-/t9-,10-/m1/s1. The van der Waals surface area contributed by atoms with Crippen molar-refractivity contribution >= 4 is 11.8 Å². The third kappa shape index (κ3) is 3.77. The van der Waals surface area contributed by atoms with E-state index in [-0.39, 0.29) is 30.6 Å². The molecule has 0 heterocycles. The number of aliphatic carboxylic acids is 1. The number of rotatable bonds is 6. The molecule has 4 heteroatoms. The van der Waals surface area contributed by atoms with E-state index in [0.717, 1.165) is 0 Å². The van der Waals surface area contributed by atoms with Gasteiger partial charge in [0, 0.05) is 25.4 Å². The molecule has 0 unspecified atom stereocenters. The lowest BCUT2D eigenvalue weighted by Crippen LogP contribution is -2.17. The third-order valence-corrected chi connectivity index (χ3v) is 3.03. The van der Waals surface area contributed by atoms with Gasteiger partial charge in [-0.1, -0.05) is 12.2 Å². The minimum atomic E-state index is -0.830. The zero-order chi connectivity index (χ0) is 12.0. The number of allylic oxidation sites excluding steroid dienone is 1. The Morgan fingerprint density at radius 3 is 2.81 bits per heavy atom. The Bertz CT molecular complexity index is 283. The summed E-state index contributed by atoms with van der Waals surface area (Å²) < 4.78 is 0. The number of carboxylic acids is 1. The lowest BCUT2D eigenvalue weighted by molar-refractivity contribution is -0.138. The maximum atomic E-state index is 11.6. The summed E-state index contributed by atoms with van der Waals surface area (Å²) in [5.41, 5.74) is 0. The molecule has 1 aliphatic carbocycles. The average Bonchev–Trinajstić information content (AvgIpc) is 2.55. The van der Waals surface area contributed by atoms with Gasteiger partial charge in [0.2, 0.25) is 0 Å². The first-order valence-corrected chi connectivity index (χ1v) is 5.65. The van der Waals surface area contributed by atoms with Gasteiger partial charge in [0.15, 0.2) is 0 Å². The molecule has 1 aliphatic rings. The maximum absolute atomic E-state index is 11.6. The van der Waals surface area contributed by atoms with Crippen LogP contribution in [0.3, 0.4) is 0 Å². The lowest BCUT2D eigenvalue weighted by atomic mass is 9.89. The number of aliphatic hydroxyl groups excluding tert-OH is 1. The fraction of sp³-hybridized carbons (Fsp3) is 0.667. The average molecular weight is 226 g/mol. The van der Waals surface area contributed by atoms with Gasteiger partial charge in [-0.2, -0.15) is 0 Å². The Morgan fingerprint density at radius 2 is 2.19 bits per heavy atom. The number of aliphatic hydroxyl groups is 1. The smallest absolute Gasteiger partial charge is 0.303 e. The van der Waals surface area contributed by atoms with Crippen molar-refractivity contribution < 1.29 is 19.8 Å². The Hall–Kier alpha value is -1.16. The van der Waals surface area contributed by atoms with Crippen molar-refractivity contribution in [2.24, 2.45) is 11.8 Å². The normalized spacial score (nSPS) is 25.4. The van der Waals surface area contributed by atoms with Crippen molar-refractivity contribution in [3.63, 3.8) is 0 Å². The number of Topliss-reactive ketones (excluding diaryl/α,β-unsaturated/α-hetero) is 1. The van der Waals surface area contributed by atoms with Crippen molar-refractivity contribution in [2.45, 2.75) is 32.1 Å². The summed E-state index contributed by atoms with van der Waals surface area (Å²) in [5.74, 6) is -0.793. The molecule has 1 rings (SSSR count). The topological polar surface area (TPSA) is 74.6 Å². The molecule has 0 saturated heterocycles. The Morgan fingerprint density at radius 1 is 1.44 bits per heavy atom. The first-order chi connectivity index (χ1) is 7.65. The molecule has 1 fully saturated rings. The summed E-state index contributed by atoms with van der Waals surface area (Å²) in [6, 6.07) is 0. The Labute approximate surface area is 95.0 Å². The number of ketones is 1. The second kappa shape index (κ2) is 6.43. The fourth-order valence-corrected chi connectivity index (χ4v) is 2.20. The van der Waals surface area contributed by atoms with Gasteiger partial charge in [-0.25, -0.2) is 0 Å². The minimum absolute atomic E-state index is 0.0104. The van der Waals surface area contributed by atoms with Crippen LogP contribution in [0.25, 0.3) is 0 Å². The van der Waals surface area contributed by atoms with Crippen LogP contribution < -0.4 is 0 Å². The molecule has 0 radical (unpaired) electrons. The van der Waals surface area contributed by atoms with E-state index >= 15 is 0 Å². The van der Waals surface area contributed by atoms with E-state index in [0.29, 0.717) is 25.7 Å². The van der Waals surface area contributed by atoms with Crippen LogP contribution in [0.15, 0.2) is 12.2 Å². The molecule has 2 atom stereocenters. The van der Waals surface area contributed by atoms with Crippen molar-refractivity contribution in [2.75, 3.05) is 6.61 Å². The maximum Gasteiger partial charge on any atom is 0.303 e. The predicted octanol–water partition coefficient (Wildman–Crippen LogP) is 1.39. The quantitative estimate of drug-likeness (QED) is 0.671. The van der Waals surface area contributed by atoms with Crippen LogP contribution >= 0.6 is 0 Å². The summed E-state index contributed by atoms with van der Waals surface area (Å²) in [6.07, 6.45) is 6.20. The number of hydrogen-bond donors (Lipinski definition) is 2. The summed E-state index contributed by atoms with van der Waals surface area (Å²) in [7, 11) is 0. The summed E-state index contributed by atoms with van der Waals surface area (Å²) in [4.78, 5) is 22.2. The summed E-state index contributed by atoms with van der Waals surface area (Å²) in [6.45, 7) is 0.105. The van der Waals surface area contributed by atoms with Gasteiger partial charge in [-0.05, 0) is 25.2 Å². The van der Waals surface area contributed by atoms with Gasteiger partial charge in [-0.15, -0.1) is 0 Å². The number of carbonyl (C=O) groups excluding carboxylic acids is 1. The van der Waals surface area contributed by atoms with Gasteiger partial charge < -0.3 is 10.2 Å². The van der Waals surface area contributed by atoms with Crippen LogP contribution in [-0.4, -0.2) is 28.6 Å². The van der Waals surface area contributed by atoms with Gasteiger partial charge in [-0.3, -0.25) is 9.59 Å². The second-order valence-corrected chi connectivity index (χ2v) is 4.19. The molecule has 90 valence electrons. The van der Waals surface area contributed by atoms with E-state index in [1.54, 1.807) is 0 Å². The van der Waals surface area contributed by atoms with Crippen molar-refractivity contribution in [1.29, 1.82) is 0 Å². The number of carbonyl (C=O) groups is 2. The molecular weight excluding hydrogens is 208 g/mol. The molecule has 0 aliphatic heterocycles. The Balaban J connectivity index is 2.46. The monoisotopic (exact) mass is 226 g/mol. The number of carboxylic acid groups (broad SMARTS) is 1. The first-order valence-electron chi connectivity index (χ1n) is 5.65. The van der Waals surface area contributed by atoms with Gasteiger partial charge >= 0.3 is 5.97 Å². The molecule has 0 bridgehead atoms. The van der Waals surface area contributed by atoms with Crippen LogP contribution in [0.2, 0.25) is 0 Å². The zero-order valence-corrected chi connectivity index (χ0v) is 9.26. The van der Waals surface area contributed by atoms with Crippen LogP contribution in [0, 0.1) is 11.8 Å². The first kappa shape index (κ1) is 12.9. The fourth-order valence-electron chi connectivity index (χ4n) is 2.20. The number of hydrogen-bond acceptors (Lipinski definition) is 3. The van der Waals surface area contributed by atoms with E-state index in [1.807, 2.05) is 12.2 Å². The molecule has 2 N–H and O–H groups in total. The molecule has 4 nitrogen and oxygen atoms in total. The molecule has 0 spiro atoms. The zero-order valence-electron chi connectivity index (χ0n) is 9.26. The highest BCUT2D eigenvalue weighted by Crippen LogP contribution is 2.33. The molecule has 16 heavy (non-hydrogen) atoms. The molecule has 1 saturated carbocycles.